The molecular weight excluding hydrogens is 474 g/mol. The van der Waals surface area contributed by atoms with E-state index in [4.69, 9.17) is 20.8 Å². The highest BCUT2D eigenvalue weighted by molar-refractivity contribution is 6.31. The standard InChI is InChI=1S/C30H28ClNO4/c1-4-5-13-35-22-11-8-10-20(16-22)27-26-28(33)25-19(3)14-18(2)15-24(25)36-29(26)30(34)32(27)17-21-9-6-7-12-23(21)31/h6-12,14-16,27H,4-5,13,17H2,1-3H3. The Morgan fingerprint density at radius 1 is 1.03 bits per heavy atom. The van der Waals surface area contributed by atoms with Crippen LogP contribution >= 0.6 is 11.6 Å². The summed E-state index contributed by atoms with van der Waals surface area (Å²) in [5.41, 5.74) is 3.99. The number of aryl methyl sites for hydroxylation is 2. The van der Waals surface area contributed by atoms with Crippen LogP contribution in [0.4, 0.5) is 0 Å². The maximum Gasteiger partial charge on any atom is 0.291 e. The maximum absolute atomic E-state index is 13.9. The molecule has 0 radical (unpaired) electrons. The van der Waals surface area contributed by atoms with Gasteiger partial charge in [-0.15, -0.1) is 0 Å². The number of nitrogens with zero attached hydrogens (tertiary/aromatic N) is 1. The summed E-state index contributed by atoms with van der Waals surface area (Å²) in [6, 6.07) is 18.2. The third kappa shape index (κ3) is 4.28. The van der Waals surface area contributed by atoms with Crippen LogP contribution in [-0.2, 0) is 6.54 Å². The number of benzene rings is 3. The number of carbonyl (C=O) groups is 1. The van der Waals surface area contributed by atoms with Crippen molar-refractivity contribution in [1.29, 1.82) is 0 Å². The molecule has 6 heteroatoms. The number of halogens is 1. The number of hydrogen-bond donors (Lipinski definition) is 0. The van der Waals surface area contributed by atoms with Gasteiger partial charge in [0, 0.05) is 11.6 Å². The Labute approximate surface area is 215 Å². The fourth-order valence-corrected chi connectivity index (χ4v) is 5.14. The van der Waals surface area contributed by atoms with E-state index in [1.54, 1.807) is 11.0 Å². The molecule has 36 heavy (non-hydrogen) atoms. The fourth-order valence-electron chi connectivity index (χ4n) is 4.94. The first-order valence-corrected chi connectivity index (χ1v) is 12.6. The summed E-state index contributed by atoms with van der Waals surface area (Å²) in [5.74, 6) is 0.466. The average molecular weight is 502 g/mol. The van der Waals surface area contributed by atoms with E-state index in [0.29, 0.717) is 33.9 Å². The number of carbonyl (C=O) groups excluding carboxylic acids is 1. The lowest BCUT2D eigenvalue weighted by atomic mass is 9.96. The van der Waals surface area contributed by atoms with Crippen LogP contribution in [0.5, 0.6) is 5.75 Å². The van der Waals surface area contributed by atoms with Crippen molar-refractivity contribution in [2.45, 2.75) is 46.2 Å². The molecule has 0 spiro atoms. The fraction of sp³-hybridized carbons (Fsp3) is 0.267. The molecule has 1 aliphatic rings. The van der Waals surface area contributed by atoms with Crippen molar-refractivity contribution in [2.24, 2.45) is 0 Å². The second kappa shape index (κ2) is 9.82. The van der Waals surface area contributed by atoms with Gasteiger partial charge in [0.1, 0.15) is 11.3 Å². The Balaban J connectivity index is 1.69. The van der Waals surface area contributed by atoms with E-state index in [1.807, 2.05) is 68.4 Å². The topological polar surface area (TPSA) is 59.8 Å². The average Bonchev–Trinajstić information content (AvgIpc) is 3.12. The molecule has 5 rings (SSSR count). The molecule has 2 heterocycles. The zero-order valence-electron chi connectivity index (χ0n) is 20.6. The lowest BCUT2D eigenvalue weighted by molar-refractivity contribution is 0.0714. The smallest absolute Gasteiger partial charge is 0.291 e. The van der Waals surface area contributed by atoms with Gasteiger partial charge in [0.25, 0.3) is 5.91 Å². The van der Waals surface area contributed by atoms with Gasteiger partial charge >= 0.3 is 0 Å². The van der Waals surface area contributed by atoms with E-state index in [-0.39, 0.29) is 23.6 Å². The third-order valence-electron chi connectivity index (χ3n) is 6.65. The Morgan fingerprint density at radius 3 is 2.61 bits per heavy atom. The summed E-state index contributed by atoms with van der Waals surface area (Å²) in [4.78, 5) is 29.4. The summed E-state index contributed by atoms with van der Waals surface area (Å²) in [7, 11) is 0. The van der Waals surface area contributed by atoms with Crippen LogP contribution in [0.3, 0.4) is 0 Å². The van der Waals surface area contributed by atoms with E-state index in [1.165, 1.54) is 0 Å². The van der Waals surface area contributed by atoms with Gasteiger partial charge in [0.15, 0.2) is 5.43 Å². The Kier molecular flexibility index (Phi) is 6.59. The highest BCUT2D eigenvalue weighted by Crippen LogP contribution is 2.41. The van der Waals surface area contributed by atoms with Crippen molar-refractivity contribution < 1.29 is 13.9 Å². The van der Waals surface area contributed by atoms with Gasteiger partial charge in [-0.05, 0) is 66.8 Å². The van der Waals surface area contributed by atoms with Gasteiger partial charge in [0.2, 0.25) is 5.76 Å². The van der Waals surface area contributed by atoms with Crippen LogP contribution in [0.1, 0.15) is 64.2 Å². The second-order valence-corrected chi connectivity index (χ2v) is 9.74. The molecule has 1 unspecified atom stereocenters. The molecule has 3 aromatic carbocycles. The highest BCUT2D eigenvalue weighted by Gasteiger charge is 2.43. The molecule has 0 N–H and O–H groups in total. The molecule has 5 nitrogen and oxygen atoms in total. The van der Waals surface area contributed by atoms with Crippen LogP contribution in [0.25, 0.3) is 11.0 Å². The van der Waals surface area contributed by atoms with Crippen molar-refractivity contribution in [1.82, 2.24) is 4.90 Å². The van der Waals surface area contributed by atoms with Crippen LogP contribution in [0, 0.1) is 13.8 Å². The van der Waals surface area contributed by atoms with Gasteiger partial charge in [-0.25, -0.2) is 0 Å². The zero-order chi connectivity index (χ0) is 25.4. The van der Waals surface area contributed by atoms with Crippen LogP contribution in [0.15, 0.2) is 69.9 Å². The third-order valence-corrected chi connectivity index (χ3v) is 7.02. The van der Waals surface area contributed by atoms with Gasteiger partial charge in [-0.2, -0.15) is 0 Å². The molecule has 0 aliphatic carbocycles. The summed E-state index contributed by atoms with van der Waals surface area (Å²) in [6.45, 7) is 6.80. The Morgan fingerprint density at radius 2 is 1.83 bits per heavy atom. The van der Waals surface area contributed by atoms with Crippen LogP contribution in [0.2, 0.25) is 5.02 Å². The van der Waals surface area contributed by atoms with Crippen LogP contribution in [-0.4, -0.2) is 17.4 Å². The molecule has 0 fully saturated rings. The van der Waals surface area contributed by atoms with Crippen molar-refractivity contribution in [3.8, 4) is 5.75 Å². The van der Waals surface area contributed by atoms with E-state index in [0.717, 1.165) is 35.1 Å². The van der Waals surface area contributed by atoms with Gasteiger partial charge in [0.05, 0.1) is 23.6 Å². The number of rotatable bonds is 7. The number of amides is 1. The molecule has 1 aromatic heterocycles. The lowest BCUT2D eigenvalue weighted by Gasteiger charge is -2.26. The molecule has 0 bridgehead atoms. The van der Waals surface area contributed by atoms with E-state index < -0.39 is 6.04 Å². The first kappa shape index (κ1) is 24.1. The molecule has 4 aromatic rings. The Bertz CT molecular complexity index is 1520. The number of fused-ring (bicyclic) bond motifs is 2. The summed E-state index contributed by atoms with van der Waals surface area (Å²) in [6.07, 6.45) is 1.98. The highest BCUT2D eigenvalue weighted by atomic mass is 35.5. The van der Waals surface area contributed by atoms with E-state index in [2.05, 4.69) is 6.92 Å². The molecule has 0 saturated heterocycles. The van der Waals surface area contributed by atoms with Gasteiger partial charge in [-0.3, -0.25) is 9.59 Å². The predicted octanol–water partition coefficient (Wildman–Crippen LogP) is 6.99. The number of hydrogen-bond acceptors (Lipinski definition) is 4. The van der Waals surface area contributed by atoms with Crippen molar-refractivity contribution in [3.05, 3.63) is 109 Å². The first-order valence-electron chi connectivity index (χ1n) is 12.2. The normalized spacial score (nSPS) is 14.9. The molecule has 1 amide bonds. The lowest BCUT2D eigenvalue weighted by Crippen LogP contribution is -2.29. The van der Waals surface area contributed by atoms with Crippen molar-refractivity contribution in [3.63, 3.8) is 0 Å². The molecule has 1 aliphatic heterocycles. The minimum atomic E-state index is -0.625. The molecular formula is C30H28ClNO4. The second-order valence-electron chi connectivity index (χ2n) is 9.33. The minimum Gasteiger partial charge on any atom is -0.494 e. The predicted molar refractivity (Wildman–Crippen MR) is 142 cm³/mol. The van der Waals surface area contributed by atoms with Gasteiger partial charge < -0.3 is 14.1 Å². The Hall–Kier alpha value is -3.57. The molecule has 1 atom stereocenters. The monoisotopic (exact) mass is 501 g/mol. The summed E-state index contributed by atoms with van der Waals surface area (Å²) >= 11 is 6.46. The quantitative estimate of drug-likeness (QED) is 0.256. The maximum atomic E-state index is 13.9. The zero-order valence-corrected chi connectivity index (χ0v) is 21.4. The summed E-state index contributed by atoms with van der Waals surface area (Å²) < 4.78 is 12.1. The summed E-state index contributed by atoms with van der Waals surface area (Å²) in [5, 5.41) is 1.07. The SMILES string of the molecule is CCCCOc1cccc(C2c3c(oc4cc(C)cc(C)c4c3=O)C(=O)N2Cc2ccccc2Cl)c1. The minimum absolute atomic E-state index is 0.0897. The molecule has 184 valence electrons. The largest absolute Gasteiger partial charge is 0.494 e. The number of ether oxygens (including phenoxy) is 1. The number of unbranched alkanes of at least 4 members (excludes halogenated alkanes) is 1. The van der Waals surface area contributed by atoms with Crippen LogP contribution < -0.4 is 10.2 Å². The van der Waals surface area contributed by atoms with Gasteiger partial charge in [-0.1, -0.05) is 61.3 Å². The van der Waals surface area contributed by atoms with Crippen molar-refractivity contribution in [2.75, 3.05) is 6.61 Å². The first-order chi connectivity index (χ1) is 17.4. The van der Waals surface area contributed by atoms with E-state index >= 15 is 0 Å². The van der Waals surface area contributed by atoms with Crippen molar-refractivity contribution >= 4 is 28.5 Å². The molecule has 0 saturated carbocycles. The van der Waals surface area contributed by atoms with E-state index in [9.17, 15) is 9.59 Å².